The van der Waals surface area contributed by atoms with Crippen LogP contribution in [0, 0.1) is 12.3 Å². The maximum absolute atomic E-state index is 11.7. The number of nitrogens with zero attached hydrogens (tertiary/aromatic N) is 1. The second-order valence-corrected chi connectivity index (χ2v) is 4.93. The molecule has 0 radical (unpaired) electrons. The van der Waals surface area contributed by atoms with Gasteiger partial charge >= 0.3 is 5.97 Å². The molecule has 0 aliphatic carbocycles. The summed E-state index contributed by atoms with van der Waals surface area (Å²) < 4.78 is 4.76. The molecule has 2 N–H and O–H groups in total. The second kappa shape index (κ2) is 4.57. The van der Waals surface area contributed by atoms with E-state index in [1.54, 1.807) is 27.7 Å². The van der Waals surface area contributed by atoms with Gasteiger partial charge in [0.2, 0.25) is 0 Å². The Morgan fingerprint density at radius 1 is 1.47 bits per heavy atom. The fourth-order valence-electron chi connectivity index (χ4n) is 1.33. The Hall–Kier alpha value is -1.85. The van der Waals surface area contributed by atoms with Crippen molar-refractivity contribution >= 4 is 11.9 Å². The number of aromatic nitrogens is 1. The zero-order valence-corrected chi connectivity index (χ0v) is 10.3. The first-order valence-electron chi connectivity index (χ1n) is 5.19. The standard InChI is InChI=1S/C11H16N2O4/c1-6-5-7(13-17-6)9(14)12-8(10(15)16)11(2,3)4/h5,8H,1-4H3,(H,12,14)(H,15,16)/t8-/m1/s1. The largest absolute Gasteiger partial charge is 0.480 e. The zero-order chi connectivity index (χ0) is 13.2. The molecule has 0 saturated carbocycles. The van der Waals surface area contributed by atoms with Crippen molar-refractivity contribution in [3.8, 4) is 0 Å². The summed E-state index contributed by atoms with van der Waals surface area (Å²) in [6.07, 6.45) is 0. The number of aryl methyl sites for hydroxylation is 1. The first-order valence-corrected chi connectivity index (χ1v) is 5.19. The van der Waals surface area contributed by atoms with Crippen molar-refractivity contribution in [1.82, 2.24) is 10.5 Å². The van der Waals surface area contributed by atoms with Gasteiger partial charge in [0.25, 0.3) is 5.91 Å². The molecule has 0 aliphatic heterocycles. The molecule has 0 bridgehead atoms. The molecule has 1 rings (SSSR count). The van der Waals surface area contributed by atoms with Gasteiger partial charge in [-0.1, -0.05) is 25.9 Å². The third-order valence-corrected chi connectivity index (χ3v) is 2.25. The molecule has 17 heavy (non-hydrogen) atoms. The maximum Gasteiger partial charge on any atom is 0.326 e. The smallest absolute Gasteiger partial charge is 0.326 e. The Bertz CT molecular complexity index is 431. The van der Waals surface area contributed by atoms with Crippen molar-refractivity contribution in [2.75, 3.05) is 0 Å². The monoisotopic (exact) mass is 240 g/mol. The minimum absolute atomic E-state index is 0.0815. The Morgan fingerprint density at radius 2 is 2.06 bits per heavy atom. The molecule has 0 aromatic carbocycles. The van der Waals surface area contributed by atoms with Crippen molar-refractivity contribution in [3.63, 3.8) is 0 Å². The third-order valence-electron chi connectivity index (χ3n) is 2.25. The highest BCUT2D eigenvalue weighted by Gasteiger charge is 2.33. The number of carboxylic acids is 1. The van der Waals surface area contributed by atoms with E-state index in [2.05, 4.69) is 10.5 Å². The van der Waals surface area contributed by atoms with E-state index in [0.29, 0.717) is 5.76 Å². The fraction of sp³-hybridized carbons (Fsp3) is 0.545. The molecule has 0 fully saturated rings. The number of hydrogen-bond acceptors (Lipinski definition) is 4. The van der Waals surface area contributed by atoms with E-state index in [0.717, 1.165) is 0 Å². The molecule has 94 valence electrons. The van der Waals surface area contributed by atoms with Crippen LogP contribution in [0.2, 0.25) is 0 Å². The lowest BCUT2D eigenvalue weighted by Crippen LogP contribution is -2.49. The summed E-state index contributed by atoms with van der Waals surface area (Å²) in [7, 11) is 0. The molecule has 1 aromatic rings. The van der Waals surface area contributed by atoms with Crippen LogP contribution in [0.3, 0.4) is 0 Å². The van der Waals surface area contributed by atoms with Gasteiger partial charge in [0.1, 0.15) is 11.8 Å². The average Bonchev–Trinajstić information content (AvgIpc) is 2.58. The normalized spacial score (nSPS) is 13.2. The predicted molar refractivity (Wildman–Crippen MR) is 59.6 cm³/mol. The summed E-state index contributed by atoms with van der Waals surface area (Å²) >= 11 is 0. The van der Waals surface area contributed by atoms with E-state index < -0.39 is 23.3 Å². The number of hydrogen-bond donors (Lipinski definition) is 2. The van der Waals surface area contributed by atoms with Gasteiger partial charge in [-0.2, -0.15) is 0 Å². The molecule has 6 heteroatoms. The lowest BCUT2D eigenvalue weighted by Gasteiger charge is -2.27. The summed E-state index contributed by atoms with van der Waals surface area (Å²) in [5.74, 6) is -1.13. The van der Waals surface area contributed by atoms with Crippen LogP contribution in [-0.4, -0.2) is 28.2 Å². The van der Waals surface area contributed by atoms with Gasteiger partial charge in [0.15, 0.2) is 5.69 Å². The van der Waals surface area contributed by atoms with Crippen LogP contribution in [0.5, 0.6) is 0 Å². The van der Waals surface area contributed by atoms with Crippen molar-refractivity contribution in [3.05, 3.63) is 17.5 Å². The van der Waals surface area contributed by atoms with Gasteiger partial charge in [-0.15, -0.1) is 0 Å². The number of carbonyl (C=O) groups is 2. The SMILES string of the molecule is Cc1cc(C(=O)N[C@H](C(=O)O)C(C)(C)C)no1. The molecule has 6 nitrogen and oxygen atoms in total. The molecule has 1 amide bonds. The topological polar surface area (TPSA) is 92.4 Å². The molecular weight excluding hydrogens is 224 g/mol. The Labute approximate surface area is 99.0 Å². The number of aliphatic carboxylic acids is 1. The van der Waals surface area contributed by atoms with E-state index >= 15 is 0 Å². The second-order valence-electron chi connectivity index (χ2n) is 4.93. The summed E-state index contributed by atoms with van der Waals surface area (Å²) in [6, 6.07) is 0.476. The lowest BCUT2D eigenvalue weighted by atomic mass is 9.86. The predicted octanol–water partition coefficient (Wildman–Crippen LogP) is 1.21. The van der Waals surface area contributed by atoms with Crippen LogP contribution in [0.25, 0.3) is 0 Å². The number of rotatable bonds is 3. The van der Waals surface area contributed by atoms with Gasteiger partial charge < -0.3 is 14.9 Å². The van der Waals surface area contributed by atoms with Crippen molar-refractivity contribution in [2.45, 2.75) is 33.7 Å². The average molecular weight is 240 g/mol. The van der Waals surface area contributed by atoms with Gasteiger partial charge in [-0.05, 0) is 12.3 Å². The van der Waals surface area contributed by atoms with Crippen molar-refractivity contribution in [1.29, 1.82) is 0 Å². The number of amides is 1. The zero-order valence-electron chi connectivity index (χ0n) is 10.3. The highest BCUT2D eigenvalue weighted by Crippen LogP contribution is 2.19. The fourth-order valence-corrected chi connectivity index (χ4v) is 1.33. The highest BCUT2D eigenvalue weighted by atomic mass is 16.5. The molecule has 0 unspecified atom stereocenters. The Balaban J connectivity index is 2.82. The van der Waals surface area contributed by atoms with E-state index in [1.165, 1.54) is 6.07 Å². The van der Waals surface area contributed by atoms with E-state index in [-0.39, 0.29) is 5.69 Å². The van der Waals surface area contributed by atoms with Crippen molar-refractivity contribution < 1.29 is 19.2 Å². The summed E-state index contributed by atoms with van der Waals surface area (Å²) in [5, 5.41) is 15.0. The molecule has 0 aliphatic rings. The number of carbonyl (C=O) groups excluding carboxylic acids is 1. The first-order chi connectivity index (χ1) is 7.71. The van der Waals surface area contributed by atoms with E-state index in [9.17, 15) is 9.59 Å². The van der Waals surface area contributed by atoms with Gasteiger partial charge in [0.05, 0.1) is 0 Å². The molecule has 1 atom stereocenters. The van der Waals surface area contributed by atoms with Crippen LogP contribution in [0.1, 0.15) is 37.0 Å². The highest BCUT2D eigenvalue weighted by molar-refractivity contribution is 5.95. The van der Waals surface area contributed by atoms with Crippen LogP contribution in [0.15, 0.2) is 10.6 Å². The quantitative estimate of drug-likeness (QED) is 0.828. The van der Waals surface area contributed by atoms with Crippen molar-refractivity contribution in [2.24, 2.45) is 5.41 Å². The minimum atomic E-state index is -1.08. The summed E-state index contributed by atoms with van der Waals surface area (Å²) in [6.45, 7) is 6.86. The molecule has 1 aromatic heterocycles. The first kappa shape index (κ1) is 13.2. The molecule has 0 spiro atoms. The van der Waals surface area contributed by atoms with Gasteiger partial charge in [0, 0.05) is 6.07 Å². The number of carboxylic acid groups (broad SMARTS) is 1. The third kappa shape index (κ3) is 3.30. The van der Waals surface area contributed by atoms with Crippen LogP contribution in [-0.2, 0) is 4.79 Å². The van der Waals surface area contributed by atoms with Gasteiger partial charge in [-0.25, -0.2) is 4.79 Å². The van der Waals surface area contributed by atoms with E-state index in [4.69, 9.17) is 9.63 Å². The molecule has 0 saturated heterocycles. The Kier molecular flexibility index (Phi) is 3.55. The van der Waals surface area contributed by atoms with Crippen LogP contribution < -0.4 is 5.32 Å². The molecule has 1 heterocycles. The minimum Gasteiger partial charge on any atom is -0.480 e. The summed E-state index contributed by atoms with van der Waals surface area (Å²) in [4.78, 5) is 22.8. The lowest BCUT2D eigenvalue weighted by molar-refractivity contribution is -0.142. The van der Waals surface area contributed by atoms with Gasteiger partial charge in [-0.3, -0.25) is 4.79 Å². The number of nitrogens with one attached hydrogen (secondary N) is 1. The summed E-state index contributed by atoms with van der Waals surface area (Å²) in [5.41, 5.74) is -0.502. The van der Waals surface area contributed by atoms with Crippen LogP contribution >= 0.6 is 0 Å². The van der Waals surface area contributed by atoms with Crippen LogP contribution in [0.4, 0.5) is 0 Å². The Morgan fingerprint density at radius 3 is 2.41 bits per heavy atom. The maximum atomic E-state index is 11.7. The molecular formula is C11H16N2O4. The van der Waals surface area contributed by atoms with E-state index in [1.807, 2.05) is 0 Å².